The molecule has 23 heavy (non-hydrogen) atoms. The number of hydrogen-bond donors (Lipinski definition) is 0. The van der Waals surface area contributed by atoms with Gasteiger partial charge in [0.05, 0.1) is 6.54 Å². The monoisotopic (exact) mass is 309 g/mol. The van der Waals surface area contributed by atoms with Crippen molar-refractivity contribution < 1.29 is 8.91 Å². The fourth-order valence-electron chi connectivity index (χ4n) is 3.05. The lowest BCUT2D eigenvalue weighted by atomic mass is 10.1. The minimum absolute atomic E-state index is 0.278. The lowest BCUT2D eigenvalue weighted by Gasteiger charge is -2.22. The summed E-state index contributed by atoms with van der Waals surface area (Å²) in [6.45, 7) is 2.77. The molecule has 1 aliphatic rings. The molecule has 2 aromatic carbocycles. The van der Waals surface area contributed by atoms with Gasteiger partial charge in [0.1, 0.15) is 5.82 Å². The largest absolute Gasteiger partial charge is 0.359 e. The van der Waals surface area contributed by atoms with Gasteiger partial charge in [-0.1, -0.05) is 23.4 Å². The summed E-state index contributed by atoms with van der Waals surface area (Å²) in [4.78, 5) is 6.71. The molecule has 0 N–H and O–H groups in total. The summed E-state index contributed by atoms with van der Waals surface area (Å²) in [5.41, 5.74) is 3.32. The van der Waals surface area contributed by atoms with Gasteiger partial charge in [0.15, 0.2) is 0 Å². The van der Waals surface area contributed by atoms with Crippen LogP contribution < -0.4 is 4.90 Å². The Labute approximate surface area is 133 Å². The number of para-hydroxylation sites is 1. The maximum Gasteiger partial charge on any atom is 0.246 e. The van der Waals surface area contributed by atoms with Crippen LogP contribution in [-0.2, 0) is 13.0 Å². The molecule has 0 saturated carbocycles. The molecule has 1 atom stereocenters. The van der Waals surface area contributed by atoms with Crippen LogP contribution in [0.4, 0.5) is 10.1 Å². The van der Waals surface area contributed by atoms with Crippen LogP contribution in [0.1, 0.15) is 18.4 Å². The Hall–Kier alpha value is -2.69. The number of fused-ring (bicyclic) bond motifs is 1. The summed E-state index contributed by atoms with van der Waals surface area (Å²) >= 11 is 0. The van der Waals surface area contributed by atoms with Crippen LogP contribution in [0.15, 0.2) is 53.1 Å². The lowest BCUT2D eigenvalue weighted by Crippen LogP contribution is -2.28. The topological polar surface area (TPSA) is 42.2 Å². The minimum atomic E-state index is -0.278. The second kappa shape index (κ2) is 5.50. The zero-order valence-corrected chi connectivity index (χ0v) is 12.7. The Bertz CT molecular complexity index is 828. The smallest absolute Gasteiger partial charge is 0.246 e. The van der Waals surface area contributed by atoms with Crippen LogP contribution in [0.3, 0.4) is 0 Å². The van der Waals surface area contributed by atoms with Gasteiger partial charge < -0.3 is 9.42 Å². The van der Waals surface area contributed by atoms with E-state index in [0.717, 1.165) is 12.0 Å². The third-order valence-electron chi connectivity index (χ3n) is 4.22. The molecule has 1 aliphatic heterocycles. The van der Waals surface area contributed by atoms with Gasteiger partial charge in [-0.3, -0.25) is 0 Å². The van der Waals surface area contributed by atoms with E-state index in [-0.39, 0.29) is 5.82 Å². The Balaban J connectivity index is 1.57. The van der Waals surface area contributed by atoms with Gasteiger partial charge in [-0.2, -0.15) is 4.98 Å². The van der Waals surface area contributed by atoms with Crippen LogP contribution >= 0.6 is 0 Å². The highest BCUT2D eigenvalue weighted by molar-refractivity contribution is 5.59. The van der Waals surface area contributed by atoms with Gasteiger partial charge in [0.25, 0.3) is 0 Å². The van der Waals surface area contributed by atoms with E-state index in [1.165, 1.54) is 23.4 Å². The fourth-order valence-corrected chi connectivity index (χ4v) is 3.05. The molecule has 4 nitrogen and oxygen atoms in total. The van der Waals surface area contributed by atoms with Crippen LogP contribution in [0.25, 0.3) is 11.4 Å². The Morgan fingerprint density at radius 1 is 1.17 bits per heavy atom. The van der Waals surface area contributed by atoms with Crippen LogP contribution in [-0.4, -0.2) is 16.2 Å². The number of anilines is 1. The molecule has 0 saturated heterocycles. The number of halogens is 1. The average molecular weight is 309 g/mol. The third-order valence-corrected chi connectivity index (χ3v) is 4.22. The molecule has 0 radical (unpaired) electrons. The van der Waals surface area contributed by atoms with Crippen molar-refractivity contribution in [3.05, 3.63) is 65.8 Å². The Morgan fingerprint density at radius 2 is 1.96 bits per heavy atom. The van der Waals surface area contributed by atoms with Crippen molar-refractivity contribution in [3.63, 3.8) is 0 Å². The first kappa shape index (κ1) is 13.9. The van der Waals surface area contributed by atoms with Crippen molar-refractivity contribution in [1.29, 1.82) is 0 Å². The Kier molecular flexibility index (Phi) is 3.33. The highest BCUT2D eigenvalue weighted by atomic mass is 19.1. The molecular weight excluding hydrogens is 293 g/mol. The van der Waals surface area contributed by atoms with E-state index < -0.39 is 0 Å². The summed E-state index contributed by atoms with van der Waals surface area (Å²) in [5, 5.41) is 4.00. The zero-order chi connectivity index (χ0) is 15.8. The SMILES string of the molecule is C[C@@H]1Cc2ccccc2N1Cc1nc(-c2ccc(F)cc2)no1. The molecule has 5 heteroatoms. The average Bonchev–Trinajstić information content (AvgIpc) is 3.14. The molecule has 0 spiro atoms. The van der Waals surface area contributed by atoms with E-state index in [2.05, 4.69) is 40.2 Å². The predicted molar refractivity (Wildman–Crippen MR) is 85.5 cm³/mol. The lowest BCUT2D eigenvalue weighted by molar-refractivity contribution is 0.374. The second-order valence-corrected chi connectivity index (χ2v) is 5.83. The first-order chi connectivity index (χ1) is 11.2. The van der Waals surface area contributed by atoms with E-state index in [0.29, 0.717) is 24.3 Å². The minimum Gasteiger partial charge on any atom is -0.359 e. The summed E-state index contributed by atoms with van der Waals surface area (Å²) in [7, 11) is 0. The van der Waals surface area contributed by atoms with E-state index in [1.807, 2.05) is 6.07 Å². The summed E-state index contributed by atoms with van der Waals surface area (Å²) in [5.74, 6) is 0.771. The number of nitrogens with zero attached hydrogens (tertiary/aromatic N) is 3. The van der Waals surface area contributed by atoms with Gasteiger partial charge in [0, 0.05) is 17.3 Å². The highest BCUT2D eigenvalue weighted by Gasteiger charge is 2.27. The molecule has 2 heterocycles. The van der Waals surface area contributed by atoms with Crippen LogP contribution in [0, 0.1) is 5.82 Å². The number of hydrogen-bond acceptors (Lipinski definition) is 4. The van der Waals surface area contributed by atoms with Crippen LogP contribution in [0.5, 0.6) is 0 Å². The van der Waals surface area contributed by atoms with Crippen molar-refractivity contribution in [2.75, 3.05) is 4.90 Å². The quantitative estimate of drug-likeness (QED) is 0.737. The second-order valence-electron chi connectivity index (χ2n) is 5.83. The maximum absolute atomic E-state index is 13.0. The standard InChI is InChI=1S/C18H16FN3O/c1-12-10-14-4-2-3-5-16(14)22(12)11-17-20-18(21-23-17)13-6-8-15(19)9-7-13/h2-9,12H,10-11H2,1H3/t12-/m1/s1. The number of rotatable bonds is 3. The third kappa shape index (κ3) is 2.59. The van der Waals surface area contributed by atoms with Gasteiger partial charge in [0.2, 0.25) is 11.7 Å². The molecule has 4 rings (SSSR count). The number of aromatic nitrogens is 2. The van der Waals surface area contributed by atoms with E-state index >= 15 is 0 Å². The molecule has 0 fully saturated rings. The predicted octanol–water partition coefficient (Wildman–Crippen LogP) is 3.83. The summed E-state index contributed by atoms with van der Waals surface area (Å²) in [6.07, 6.45) is 1.02. The molecule has 116 valence electrons. The summed E-state index contributed by atoms with van der Waals surface area (Å²) < 4.78 is 18.4. The number of benzene rings is 2. The van der Waals surface area contributed by atoms with Gasteiger partial charge in [-0.25, -0.2) is 4.39 Å². The fraction of sp³-hybridized carbons (Fsp3) is 0.222. The molecule has 0 unspecified atom stereocenters. The Morgan fingerprint density at radius 3 is 2.78 bits per heavy atom. The van der Waals surface area contributed by atoms with Gasteiger partial charge in [-0.15, -0.1) is 0 Å². The van der Waals surface area contributed by atoms with Crippen molar-refractivity contribution in [2.45, 2.75) is 25.9 Å². The van der Waals surface area contributed by atoms with Crippen LogP contribution in [0.2, 0.25) is 0 Å². The molecule has 0 amide bonds. The first-order valence-corrected chi connectivity index (χ1v) is 7.64. The zero-order valence-electron chi connectivity index (χ0n) is 12.7. The van der Waals surface area contributed by atoms with Crippen molar-refractivity contribution in [2.24, 2.45) is 0 Å². The molecular formula is C18H16FN3O. The van der Waals surface area contributed by atoms with Crippen molar-refractivity contribution in [1.82, 2.24) is 10.1 Å². The van der Waals surface area contributed by atoms with Gasteiger partial charge >= 0.3 is 0 Å². The summed E-state index contributed by atoms with van der Waals surface area (Å²) in [6, 6.07) is 14.9. The highest BCUT2D eigenvalue weighted by Crippen LogP contribution is 2.33. The molecule has 0 aliphatic carbocycles. The van der Waals surface area contributed by atoms with Crippen molar-refractivity contribution in [3.8, 4) is 11.4 Å². The molecule has 0 bridgehead atoms. The molecule has 3 aromatic rings. The maximum atomic E-state index is 13.0. The van der Waals surface area contributed by atoms with Crippen molar-refractivity contribution >= 4 is 5.69 Å². The van der Waals surface area contributed by atoms with Gasteiger partial charge in [-0.05, 0) is 49.2 Å². The van der Waals surface area contributed by atoms with E-state index in [1.54, 1.807) is 12.1 Å². The normalized spacial score (nSPS) is 16.6. The van der Waals surface area contributed by atoms with E-state index in [4.69, 9.17) is 4.52 Å². The molecule has 1 aromatic heterocycles. The van der Waals surface area contributed by atoms with E-state index in [9.17, 15) is 4.39 Å². The first-order valence-electron chi connectivity index (χ1n) is 7.64.